The molecule has 4 aromatic heterocycles. The monoisotopic (exact) mass is 929 g/mol. The third-order valence-electron chi connectivity index (χ3n) is 14.3. The molecule has 0 radical (unpaired) electrons. The van der Waals surface area contributed by atoms with Crippen LogP contribution in [0.4, 0.5) is 11.4 Å². The molecule has 0 saturated carbocycles. The summed E-state index contributed by atoms with van der Waals surface area (Å²) in [5.74, 6) is 0.571. The molecular formula is C66H39N7. The van der Waals surface area contributed by atoms with Crippen LogP contribution in [0.1, 0.15) is 0 Å². The molecule has 73 heavy (non-hydrogen) atoms. The van der Waals surface area contributed by atoms with E-state index in [0.29, 0.717) is 34.0 Å². The Morgan fingerprint density at radius 3 is 1.11 bits per heavy atom. The number of fused-ring (bicyclic) bond motifs is 9. The molecule has 10 aromatic carbocycles. The lowest BCUT2D eigenvalue weighted by Gasteiger charge is -2.14. The molecule has 7 heteroatoms. The third-order valence-corrected chi connectivity index (χ3v) is 14.3. The Labute approximate surface area is 420 Å². The second-order valence-corrected chi connectivity index (χ2v) is 18.3. The van der Waals surface area contributed by atoms with E-state index in [1.54, 1.807) is 0 Å². The summed E-state index contributed by atoms with van der Waals surface area (Å²) in [6.07, 6.45) is 0. The third kappa shape index (κ3) is 6.65. The summed E-state index contributed by atoms with van der Waals surface area (Å²) in [4.78, 5) is 18.1. The molecule has 0 aliphatic rings. The largest absolute Gasteiger partial charge is 0.309 e. The van der Waals surface area contributed by atoms with Crippen LogP contribution in [0.15, 0.2) is 237 Å². The van der Waals surface area contributed by atoms with Gasteiger partial charge in [-0.15, -0.1) is 0 Å². The molecule has 0 aliphatic heterocycles. The lowest BCUT2D eigenvalue weighted by Crippen LogP contribution is -1.97. The predicted molar refractivity (Wildman–Crippen MR) is 299 cm³/mol. The number of rotatable bonds is 7. The van der Waals surface area contributed by atoms with Crippen LogP contribution in [0, 0.1) is 13.1 Å². The van der Waals surface area contributed by atoms with Crippen LogP contribution >= 0.6 is 0 Å². The summed E-state index contributed by atoms with van der Waals surface area (Å²) in [6.45, 7) is 16.9. The zero-order valence-corrected chi connectivity index (χ0v) is 39.1. The van der Waals surface area contributed by atoms with Crippen molar-refractivity contribution in [3.63, 3.8) is 0 Å². The van der Waals surface area contributed by atoms with Crippen molar-refractivity contribution >= 4 is 76.8 Å². The van der Waals surface area contributed by atoms with E-state index in [2.05, 4.69) is 169 Å². The molecule has 0 unspecified atom stereocenters. The van der Waals surface area contributed by atoms with Crippen molar-refractivity contribution in [2.75, 3.05) is 0 Å². The van der Waals surface area contributed by atoms with Crippen molar-refractivity contribution in [1.29, 1.82) is 0 Å². The molecule has 0 saturated heterocycles. The second kappa shape index (κ2) is 16.7. The second-order valence-electron chi connectivity index (χ2n) is 18.3. The highest BCUT2D eigenvalue weighted by atomic mass is 15.0. The van der Waals surface area contributed by atoms with Gasteiger partial charge in [0, 0.05) is 60.5 Å². The average Bonchev–Trinajstić information content (AvgIpc) is 4.10. The van der Waals surface area contributed by atoms with Gasteiger partial charge in [-0.3, -0.25) is 0 Å². The summed E-state index contributed by atoms with van der Waals surface area (Å²) in [5.41, 5.74) is 15.9. The maximum atomic E-state index is 8.45. The van der Waals surface area contributed by atoms with Gasteiger partial charge in [0.2, 0.25) is 0 Å². The van der Waals surface area contributed by atoms with Crippen LogP contribution in [0.2, 0.25) is 0 Å². The number of nitrogens with zero attached hydrogens (tertiary/aromatic N) is 7. The fraction of sp³-hybridized carbons (Fsp3) is 0. The summed E-state index contributed by atoms with van der Waals surface area (Å²) in [6, 6.07) is 82.0. The SMILES string of the molecule is [C-]#[N+]c1cc(-c2cc(-c3ccccc3)nc(-c3ccccc3)n2)cc([N+]#[C-])c1-c1ccc(-n2c3ccc(-n4c5ccccc5c5ccccc54)cc3c3cc(-n4c5ccccc5c5ccccc54)ccc32)cc1. The van der Waals surface area contributed by atoms with Gasteiger partial charge in [0.15, 0.2) is 17.2 Å². The van der Waals surface area contributed by atoms with Crippen LogP contribution in [0.3, 0.4) is 0 Å². The van der Waals surface area contributed by atoms with Gasteiger partial charge in [-0.05, 0) is 108 Å². The number of aromatic nitrogens is 5. The molecule has 0 bridgehead atoms. The lowest BCUT2D eigenvalue weighted by atomic mass is 9.97. The number of hydrogen-bond donors (Lipinski definition) is 0. The zero-order valence-electron chi connectivity index (χ0n) is 39.1. The summed E-state index contributed by atoms with van der Waals surface area (Å²) in [5, 5.41) is 7.12. The maximum absolute atomic E-state index is 8.45. The first-order chi connectivity index (χ1) is 36.1. The fourth-order valence-corrected chi connectivity index (χ4v) is 11.0. The molecule has 0 N–H and O–H groups in total. The van der Waals surface area contributed by atoms with Gasteiger partial charge in [0.05, 0.1) is 57.6 Å². The topological polar surface area (TPSA) is 49.3 Å². The van der Waals surface area contributed by atoms with Crippen LogP contribution in [-0.4, -0.2) is 23.7 Å². The van der Waals surface area contributed by atoms with E-state index >= 15 is 0 Å². The molecule has 0 atom stereocenters. The molecule has 0 amide bonds. The minimum Gasteiger partial charge on any atom is -0.309 e. The molecule has 4 heterocycles. The van der Waals surface area contributed by atoms with E-state index in [9.17, 15) is 0 Å². The highest BCUT2D eigenvalue weighted by Gasteiger charge is 2.21. The Balaban J connectivity index is 0.928. The zero-order chi connectivity index (χ0) is 48.6. The molecular weight excluding hydrogens is 891 g/mol. The minimum absolute atomic E-state index is 0.379. The van der Waals surface area contributed by atoms with E-state index < -0.39 is 0 Å². The van der Waals surface area contributed by atoms with Gasteiger partial charge < -0.3 is 13.7 Å². The van der Waals surface area contributed by atoms with Crippen LogP contribution < -0.4 is 0 Å². The minimum atomic E-state index is 0.379. The molecule has 14 aromatic rings. The standard InChI is InChI=1S/C66H39N7/c1-67-57-37-45(56-41-55(42-17-5-3-6-18-42)69-66(70-56)44-19-7-4-8-20-44)38-58(68-2)65(57)43-29-31-46(32-30-43)71-63-35-33-47(72-59-25-13-9-21-49(59)50-22-10-14-26-60(50)72)39-53(63)54-40-48(34-36-64(54)71)73-61-27-15-11-23-51(61)52-24-12-16-28-62(52)73/h3-41H. The van der Waals surface area contributed by atoms with E-state index in [0.717, 1.165) is 83.3 Å². The van der Waals surface area contributed by atoms with Crippen molar-refractivity contribution < 1.29 is 0 Å². The number of hydrogen-bond acceptors (Lipinski definition) is 2. The first-order valence-electron chi connectivity index (χ1n) is 24.2. The van der Waals surface area contributed by atoms with E-state index in [-0.39, 0.29) is 0 Å². The molecule has 14 rings (SSSR count). The van der Waals surface area contributed by atoms with E-state index in [1.807, 2.05) is 91.0 Å². The Kier molecular flexibility index (Phi) is 9.50. The first kappa shape index (κ1) is 41.6. The maximum Gasteiger partial charge on any atom is 0.185 e. The van der Waals surface area contributed by atoms with E-state index in [1.165, 1.54) is 21.5 Å². The van der Waals surface area contributed by atoms with Gasteiger partial charge >= 0.3 is 0 Å². The van der Waals surface area contributed by atoms with Gasteiger partial charge in [0.1, 0.15) is 0 Å². The molecule has 338 valence electrons. The quantitative estimate of drug-likeness (QED) is 0.150. The van der Waals surface area contributed by atoms with Crippen molar-refractivity contribution in [2.45, 2.75) is 0 Å². The Morgan fingerprint density at radius 1 is 0.288 bits per heavy atom. The van der Waals surface area contributed by atoms with Gasteiger partial charge in [-0.25, -0.2) is 19.7 Å². The normalized spacial score (nSPS) is 11.5. The van der Waals surface area contributed by atoms with Crippen molar-refractivity contribution in [1.82, 2.24) is 23.7 Å². The van der Waals surface area contributed by atoms with Gasteiger partial charge in [-0.1, -0.05) is 146 Å². The van der Waals surface area contributed by atoms with Crippen molar-refractivity contribution in [2.24, 2.45) is 0 Å². The van der Waals surface area contributed by atoms with E-state index in [4.69, 9.17) is 23.1 Å². The smallest absolute Gasteiger partial charge is 0.185 e. The van der Waals surface area contributed by atoms with Crippen LogP contribution in [-0.2, 0) is 0 Å². The van der Waals surface area contributed by atoms with Crippen LogP contribution in [0.5, 0.6) is 0 Å². The van der Waals surface area contributed by atoms with Crippen molar-refractivity contribution in [3.05, 3.63) is 259 Å². The Bertz CT molecular complexity index is 4250. The molecule has 0 spiro atoms. The predicted octanol–water partition coefficient (Wildman–Crippen LogP) is 17.5. The molecule has 0 aliphatic carbocycles. The molecule has 7 nitrogen and oxygen atoms in total. The first-order valence-corrected chi connectivity index (χ1v) is 24.2. The fourth-order valence-electron chi connectivity index (χ4n) is 11.0. The Morgan fingerprint density at radius 2 is 0.658 bits per heavy atom. The van der Waals surface area contributed by atoms with Crippen LogP contribution in [0.25, 0.3) is 137 Å². The number of benzene rings is 10. The highest BCUT2D eigenvalue weighted by molar-refractivity contribution is 6.14. The summed E-state index contributed by atoms with van der Waals surface area (Å²) in [7, 11) is 0. The highest BCUT2D eigenvalue weighted by Crippen LogP contribution is 2.45. The lowest BCUT2D eigenvalue weighted by molar-refractivity contribution is 1.16. The summed E-state index contributed by atoms with van der Waals surface area (Å²) >= 11 is 0. The van der Waals surface area contributed by atoms with Gasteiger partial charge in [0.25, 0.3) is 0 Å². The van der Waals surface area contributed by atoms with Gasteiger partial charge in [-0.2, -0.15) is 0 Å². The average molecular weight is 930 g/mol. The number of para-hydroxylation sites is 4. The molecule has 0 fully saturated rings. The summed E-state index contributed by atoms with van der Waals surface area (Å²) < 4.78 is 7.09. The van der Waals surface area contributed by atoms with Crippen molar-refractivity contribution in [3.8, 4) is 62.1 Å². The Hall–Kier alpha value is -10.3.